The Balaban J connectivity index is 1.89. The number of rotatable bonds is 2. The largest absolute Gasteiger partial charge is 0.323 e. The fourth-order valence-electron chi connectivity index (χ4n) is 2.75. The molecule has 2 nitrogen and oxygen atoms in total. The maximum absolute atomic E-state index is 12.7. The molecule has 0 fully saturated rings. The van der Waals surface area contributed by atoms with Gasteiger partial charge < -0.3 is 5.73 Å². The van der Waals surface area contributed by atoms with Crippen molar-refractivity contribution in [1.29, 1.82) is 0 Å². The summed E-state index contributed by atoms with van der Waals surface area (Å²) in [6.07, 6.45) is 1.83. The molecule has 0 spiro atoms. The van der Waals surface area contributed by atoms with Crippen LogP contribution in [-0.2, 0) is 17.2 Å². The summed E-state index contributed by atoms with van der Waals surface area (Å²) in [7, 11) is -1.06. The van der Waals surface area contributed by atoms with Crippen LogP contribution in [0.25, 0.3) is 0 Å². The number of benzene rings is 2. The zero-order chi connectivity index (χ0) is 14.1. The molecule has 1 aliphatic carbocycles. The number of nitrogens with two attached hydrogens (primary N) is 1. The SMILES string of the molecule is NC1c2ccccc2CCC1S(=O)c1ccc(Br)cc1. The lowest BCUT2D eigenvalue weighted by molar-refractivity contribution is 0.563. The molecule has 0 saturated carbocycles. The first kappa shape index (κ1) is 14.0. The highest BCUT2D eigenvalue weighted by molar-refractivity contribution is 9.10. The number of hydrogen-bond donors (Lipinski definition) is 1. The number of hydrogen-bond acceptors (Lipinski definition) is 2. The average molecular weight is 350 g/mol. The maximum atomic E-state index is 12.7. The van der Waals surface area contributed by atoms with Crippen LogP contribution >= 0.6 is 15.9 Å². The lowest BCUT2D eigenvalue weighted by Gasteiger charge is -2.30. The van der Waals surface area contributed by atoms with Gasteiger partial charge in [0.25, 0.3) is 0 Å². The molecule has 104 valence electrons. The van der Waals surface area contributed by atoms with E-state index < -0.39 is 10.8 Å². The van der Waals surface area contributed by atoms with Gasteiger partial charge >= 0.3 is 0 Å². The quantitative estimate of drug-likeness (QED) is 0.900. The molecule has 4 heteroatoms. The van der Waals surface area contributed by atoms with Crippen LogP contribution in [0.15, 0.2) is 57.9 Å². The van der Waals surface area contributed by atoms with E-state index in [-0.39, 0.29) is 11.3 Å². The van der Waals surface area contributed by atoms with Crippen molar-refractivity contribution < 1.29 is 4.21 Å². The van der Waals surface area contributed by atoms with Gasteiger partial charge in [-0.2, -0.15) is 0 Å². The van der Waals surface area contributed by atoms with Crippen molar-refractivity contribution in [3.05, 3.63) is 64.1 Å². The van der Waals surface area contributed by atoms with Crippen LogP contribution in [0, 0.1) is 0 Å². The second kappa shape index (κ2) is 5.80. The molecular formula is C16H16BrNOS. The van der Waals surface area contributed by atoms with Gasteiger partial charge in [-0.05, 0) is 48.2 Å². The Hall–Kier alpha value is -0.970. The average Bonchev–Trinajstić information content (AvgIpc) is 2.48. The molecule has 0 bridgehead atoms. The van der Waals surface area contributed by atoms with Gasteiger partial charge in [0.2, 0.25) is 0 Å². The zero-order valence-corrected chi connectivity index (χ0v) is 13.4. The summed E-state index contributed by atoms with van der Waals surface area (Å²) in [6, 6.07) is 15.7. The first-order valence-corrected chi connectivity index (χ1v) is 8.67. The van der Waals surface area contributed by atoms with E-state index in [1.165, 1.54) is 5.56 Å². The monoisotopic (exact) mass is 349 g/mol. The van der Waals surface area contributed by atoms with Crippen molar-refractivity contribution in [2.24, 2.45) is 5.73 Å². The summed E-state index contributed by atoms with van der Waals surface area (Å²) in [5.74, 6) is 0. The summed E-state index contributed by atoms with van der Waals surface area (Å²) >= 11 is 3.40. The van der Waals surface area contributed by atoms with E-state index in [2.05, 4.69) is 28.1 Å². The van der Waals surface area contributed by atoms with Gasteiger partial charge in [0, 0.05) is 15.4 Å². The topological polar surface area (TPSA) is 43.1 Å². The minimum Gasteiger partial charge on any atom is -0.323 e. The van der Waals surface area contributed by atoms with Crippen molar-refractivity contribution in [2.45, 2.75) is 29.0 Å². The van der Waals surface area contributed by atoms with Gasteiger partial charge in [0.15, 0.2) is 0 Å². The van der Waals surface area contributed by atoms with Crippen LogP contribution in [0.2, 0.25) is 0 Å². The normalized spacial score (nSPS) is 23.1. The Morgan fingerprint density at radius 1 is 1.10 bits per heavy atom. The third kappa shape index (κ3) is 2.60. The molecule has 0 amide bonds. The molecule has 20 heavy (non-hydrogen) atoms. The molecule has 3 rings (SSSR count). The molecule has 2 aromatic carbocycles. The highest BCUT2D eigenvalue weighted by Gasteiger charge is 2.31. The summed E-state index contributed by atoms with van der Waals surface area (Å²) in [4.78, 5) is 0.855. The Kier molecular flexibility index (Phi) is 4.06. The zero-order valence-electron chi connectivity index (χ0n) is 11.0. The first-order valence-electron chi connectivity index (χ1n) is 6.66. The van der Waals surface area contributed by atoms with Crippen LogP contribution in [0.4, 0.5) is 0 Å². The predicted octanol–water partition coefficient (Wildman–Crippen LogP) is 3.57. The van der Waals surface area contributed by atoms with Crippen LogP contribution in [0.3, 0.4) is 0 Å². The fraction of sp³-hybridized carbons (Fsp3) is 0.250. The Morgan fingerprint density at radius 3 is 2.55 bits per heavy atom. The summed E-state index contributed by atoms with van der Waals surface area (Å²) in [6.45, 7) is 0. The number of halogens is 1. The Bertz CT molecular complexity index is 641. The number of fused-ring (bicyclic) bond motifs is 1. The summed E-state index contributed by atoms with van der Waals surface area (Å²) in [5.41, 5.74) is 8.80. The van der Waals surface area contributed by atoms with E-state index in [0.29, 0.717) is 0 Å². The third-order valence-electron chi connectivity index (χ3n) is 3.83. The van der Waals surface area contributed by atoms with Crippen LogP contribution in [-0.4, -0.2) is 9.46 Å². The molecule has 0 radical (unpaired) electrons. The van der Waals surface area contributed by atoms with Gasteiger partial charge in [-0.3, -0.25) is 4.21 Å². The van der Waals surface area contributed by atoms with Crippen LogP contribution in [0.5, 0.6) is 0 Å². The molecule has 2 N–H and O–H groups in total. The van der Waals surface area contributed by atoms with Crippen LogP contribution in [0.1, 0.15) is 23.6 Å². The van der Waals surface area contributed by atoms with Crippen molar-refractivity contribution in [2.75, 3.05) is 0 Å². The third-order valence-corrected chi connectivity index (χ3v) is 6.18. The molecule has 0 aromatic heterocycles. The second-order valence-corrected chi connectivity index (χ2v) is 7.64. The fourth-order valence-corrected chi connectivity index (χ4v) is 4.51. The predicted molar refractivity (Wildman–Crippen MR) is 86.0 cm³/mol. The molecular weight excluding hydrogens is 334 g/mol. The smallest absolute Gasteiger partial charge is 0.0590 e. The van der Waals surface area contributed by atoms with Gasteiger partial charge in [-0.25, -0.2) is 0 Å². The van der Waals surface area contributed by atoms with Crippen LogP contribution < -0.4 is 5.73 Å². The van der Waals surface area contributed by atoms with E-state index in [9.17, 15) is 4.21 Å². The van der Waals surface area contributed by atoms with E-state index in [4.69, 9.17) is 5.73 Å². The molecule has 0 aliphatic heterocycles. The Morgan fingerprint density at radius 2 is 1.80 bits per heavy atom. The van der Waals surface area contributed by atoms with Crippen molar-refractivity contribution >= 4 is 26.7 Å². The minimum atomic E-state index is -1.06. The summed E-state index contributed by atoms with van der Waals surface area (Å²) in [5, 5.41) is -0.00826. The molecule has 3 atom stereocenters. The first-order chi connectivity index (χ1) is 9.66. The van der Waals surface area contributed by atoms with E-state index in [1.54, 1.807) is 0 Å². The van der Waals surface area contributed by atoms with E-state index >= 15 is 0 Å². The van der Waals surface area contributed by atoms with E-state index in [0.717, 1.165) is 27.8 Å². The van der Waals surface area contributed by atoms with E-state index in [1.807, 2.05) is 36.4 Å². The van der Waals surface area contributed by atoms with Gasteiger partial charge in [-0.1, -0.05) is 40.2 Å². The summed E-state index contributed by atoms with van der Waals surface area (Å²) < 4.78 is 13.7. The lowest BCUT2D eigenvalue weighted by atomic mass is 9.88. The Labute approximate surface area is 130 Å². The highest BCUT2D eigenvalue weighted by Crippen LogP contribution is 2.33. The molecule has 1 aliphatic rings. The molecule has 0 saturated heterocycles. The van der Waals surface area contributed by atoms with Gasteiger partial charge in [-0.15, -0.1) is 0 Å². The van der Waals surface area contributed by atoms with Gasteiger partial charge in [0.05, 0.1) is 16.0 Å². The molecule has 0 heterocycles. The van der Waals surface area contributed by atoms with Gasteiger partial charge in [0.1, 0.15) is 0 Å². The van der Waals surface area contributed by atoms with Crippen molar-refractivity contribution in [3.8, 4) is 0 Å². The second-order valence-electron chi connectivity index (χ2n) is 5.05. The minimum absolute atomic E-state index is 0.00826. The standard InChI is InChI=1S/C16H16BrNOS/c17-12-6-8-13(9-7-12)20(19)15-10-5-11-3-1-2-4-14(11)16(15)18/h1-4,6-9,15-16H,5,10,18H2. The van der Waals surface area contributed by atoms with Crippen molar-refractivity contribution in [3.63, 3.8) is 0 Å². The van der Waals surface area contributed by atoms with Crippen molar-refractivity contribution in [1.82, 2.24) is 0 Å². The highest BCUT2D eigenvalue weighted by atomic mass is 79.9. The molecule has 3 unspecified atom stereocenters. The molecule has 2 aromatic rings. The lowest BCUT2D eigenvalue weighted by Crippen LogP contribution is -2.34. The number of aryl methyl sites for hydroxylation is 1. The maximum Gasteiger partial charge on any atom is 0.0590 e.